The molecule has 1 N–H and O–H groups in total. The molecule has 37 heavy (non-hydrogen) atoms. The molecule has 190 valence electrons. The maximum Gasteiger partial charge on any atom is 0.309 e. The summed E-state index contributed by atoms with van der Waals surface area (Å²) in [5.74, 6) is 0.823. The third-order valence-electron chi connectivity index (χ3n) is 5.83. The quantitative estimate of drug-likeness (QED) is 0.327. The van der Waals surface area contributed by atoms with E-state index in [1.54, 1.807) is 37.1 Å². The van der Waals surface area contributed by atoms with Gasteiger partial charge in [-0.25, -0.2) is 0 Å². The summed E-state index contributed by atoms with van der Waals surface area (Å²) in [6.45, 7) is 6.78. The summed E-state index contributed by atoms with van der Waals surface area (Å²) in [4.78, 5) is 23.8. The van der Waals surface area contributed by atoms with Crippen molar-refractivity contribution in [2.75, 3.05) is 19.5 Å². The molecule has 1 heterocycles. The number of carbonyl (C=O) groups is 2. The summed E-state index contributed by atoms with van der Waals surface area (Å²) in [5, 5.41) is 7.74. The van der Waals surface area contributed by atoms with Gasteiger partial charge in [0.15, 0.2) is 0 Å². The van der Waals surface area contributed by atoms with Gasteiger partial charge in [0, 0.05) is 31.2 Å². The van der Waals surface area contributed by atoms with Gasteiger partial charge in [-0.15, -0.1) is 0 Å². The molecular weight excluding hydrogens is 470 g/mol. The zero-order chi connectivity index (χ0) is 26.7. The summed E-state index contributed by atoms with van der Waals surface area (Å²) in [7, 11) is 3.17. The first kappa shape index (κ1) is 25.5. The summed E-state index contributed by atoms with van der Waals surface area (Å²) >= 11 is 0. The Labute approximate surface area is 215 Å². The number of rotatable bonds is 7. The highest BCUT2D eigenvalue weighted by atomic mass is 16.5. The number of nitrogens with zero attached hydrogens (tertiary/aromatic N) is 2. The lowest BCUT2D eigenvalue weighted by molar-refractivity contribution is -0.132. The minimum Gasteiger partial charge on any atom is -0.497 e. The molecule has 0 radical (unpaired) electrons. The van der Waals surface area contributed by atoms with E-state index in [1.807, 2.05) is 56.3 Å². The van der Waals surface area contributed by atoms with E-state index in [2.05, 4.69) is 5.32 Å². The second-order valence-electron chi connectivity index (χ2n) is 8.65. The van der Waals surface area contributed by atoms with Gasteiger partial charge in [-0.3, -0.25) is 9.59 Å². The number of nitrogens with one attached hydrogen (secondary N) is 1. The predicted molar refractivity (Wildman–Crippen MR) is 143 cm³/mol. The van der Waals surface area contributed by atoms with Crippen LogP contribution in [0.2, 0.25) is 0 Å². The van der Waals surface area contributed by atoms with Crippen molar-refractivity contribution in [1.82, 2.24) is 9.78 Å². The Balaban J connectivity index is 2.05. The molecule has 0 bridgehead atoms. The third kappa shape index (κ3) is 5.33. The number of ether oxygens (including phenoxy) is 3. The Morgan fingerprint density at radius 1 is 0.892 bits per heavy atom. The number of anilines is 1. The fourth-order valence-corrected chi connectivity index (χ4v) is 4.11. The molecule has 1 amide bonds. The number of benzene rings is 3. The van der Waals surface area contributed by atoms with E-state index < -0.39 is 5.97 Å². The van der Waals surface area contributed by atoms with Crippen LogP contribution in [0.1, 0.15) is 25.0 Å². The van der Waals surface area contributed by atoms with E-state index in [0.717, 1.165) is 22.4 Å². The number of methoxy groups -OCH3 is 2. The van der Waals surface area contributed by atoms with Crippen LogP contribution in [0.15, 0.2) is 60.7 Å². The number of esters is 1. The molecule has 0 aliphatic heterocycles. The molecule has 4 aromatic rings. The van der Waals surface area contributed by atoms with E-state index >= 15 is 0 Å². The standard InChI is InChI=1S/C29H29N3O5/c1-17-7-8-18(2)25(15-17)32-29(37-20(4)34)27(21-9-11-22(12-10-21)30-19(3)33)28(31-32)24-14-13-23(35-5)16-26(24)36-6/h7-16H,1-6H3,(H,30,33). The fourth-order valence-electron chi connectivity index (χ4n) is 4.11. The number of hydrogen-bond acceptors (Lipinski definition) is 6. The highest BCUT2D eigenvalue weighted by Gasteiger charge is 2.27. The van der Waals surface area contributed by atoms with Gasteiger partial charge < -0.3 is 19.5 Å². The minimum atomic E-state index is -0.476. The van der Waals surface area contributed by atoms with Crippen molar-refractivity contribution >= 4 is 17.6 Å². The molecule has 0 aliphatic rings. The number of hydrogen-bond donors (Lipinski definition) is 1. The van der Waals surface area contributed by atoms with Crippen molar-refractivity contribution in [3.63, 3.8) is 0 Å². The first-order chi connectivity index (χ1) is 17.7. The van der Waals surface area contributed by atoms with Gasteiger partial charge in [-0.1, -0.05) is 24.3 Å². The average molecular weight is 500 g/mol. The molecule has 0 atom stereocenters. The van der Waals surface area contributed by atoms with Crippen molar-refractivity contribution in [1.29, 1.82) is 0 Å². The number of aromatic nitrogens is 2. The Morgan fingerprint density at radius 3 is 2.24 bits per heavy atom. The third-order valence-corrected chi connectivity index (χ3v) is 5.83. The summed E-state index contributed by atoms with van der Waals surface area (Å²) in [6, 6.07) is 18.8. The van der Waals surface area contributed by atoms with Gasteiger partial charge in [0.1, 0.15) is 17.2 Å². The monoisotopic (exact) mass is 499 g/mol. The molecule has 0 unspecified atom stereocenters. The Hall–Kier alpha value is -4.59. The van der Waals surface area contributed by atoms with Gasteiger partial charge in [-0.2, -0.15) is 9.78 Å². The fraction of sp³-hybridized carbons (Fsp3) is 0.207. The molecule has 0 saturated heterocycles. The topological polar surface area (TPSA) is 91.7 Å². The van der Waals surface area contributed by atoms with Crippen LogP contribution in [0.3, 0.4) is 0 Å². The Kier molecular flexibility index (Phi) is 7.29. The maximum atomic E-state index is 12.3. The van der Waals surface area contributed by atoms with Crippen LogP contribution in [-0.2, 0) is 9.59 Å². The molecule has 4 rings (SSSR count). The van der Waals surface area contributed by atoms with Crippen LogP contribution >= 0.6 is 0 Å². The van der Waals surface area contributed by atoms with Crippen LogP contribution in [0.25, 0.3) is 28.1 Å². The van der Waals surface area contributed by atoms with Crippen molar-refractivity contribution < 1.29 is 23.8 Å². The van der Waals surface area contributed by atoms with Crippen molar-refractivity contribution in [2.24, 2.45) is 0 Å². The zero-order valence-corrected chi connectivity index (χ0v) is 21.7. The van der Waals surface area contributed by atoms with Crippen molar-refractivity contribution in [3.05, 3.63) is 71.8 Å². The molecule has 0 fully saturated rings. The lowest BCUT2D eigenvalue weighted by Crippen LogP contribution is -2.09. The average Bonchev–Trinajstić information content (AvgIpc) is 3.23. The molecule has 0 aliphatic carbocycles. The smallest absolute Gasteiger partial charge is 0.309 e. The van der Waals surface area contributed by atoms with Crippen LogP contribution < -0.4 is 19.5 Å². The van der Waals surface area contributed by atoms with Crippen LogP contribution in [-0.4, -0.2) is 35.9 Å². The van der Waals surface area contributed by atoms with E-state index in [4.69, 9.17) is 19.3 Å². The first-order valence-corrected chi connectivity index (χ1v) is 11.7. The summed E-state index contributed by atoms with van der Waals surface area (Å²) in [6.07, 6.45) is 0. The summed E-state index contributed by atoms with van der Waals surface area (Å²) in [5.41, 5.74) is 6.04. The second-order valence-corrected chi connectivity index (χ2v) is 8.65. The van der Waals surface area contributed by atoms with Crippen molar-refractivity contribution in [2.45, 2.75) is 27.7 Å². The van der Waals surface area contributed by atoms with Crippen molar-refractivity contribution in [3.8, 4) is 45.5 Å². The van der Waals surface area contributed by atoms with Gasteiger partial charge >= 0.3 is 5.97 Å². The Bertz CT molecular complexity index is 1470. The van der Waals surface area contributed by atoms with Crippen LogP contribution in [0.4, 0.5) is 5.69 Å². The zero-order valence-electron chi connectivity index (χ0n) is 21.7. The van der Waals surface area contributed by atoms with Gasteiger partial charge in [0.25, 0.3) is 0 Å². The molecule has 1 aromatic heterocycles. The van der Waals surface area contributed by atoms with E-state index in [9.17, 15) is 9.59 Å². The first-order valence-electron chi connectivity index (χ1n) is 11.7. The summed E-state index contributed by atoms with van der Waals surface area (Å²) < 4.78 is 18.5. The lowest BCUT2D eigenvalue weighted by Gasteiger charge is -2.12. The highest BCUT2D eigenvalue weighted by molar-refractivity contribution is 5.91. The van der Waals surface area contributed by atoms with Gasteiger partial charge in [0.2, 0.25) is 11.8 Å². The van der Waals surface area contributed by atoms with E-state index in [-0.39, 0.29) is 11.8 Å². The number of carbonyl (C=O) groups excluding carboxylic acids is 2. The predicted octanol–water partition coefficient (Wildman–Crippen LogP) is 5.72. The number of amides is 1. The molecule has 0 spiro atoms. The molecule has 0 saturated carbocycles. The lowest BCUT2D eigenvalue weighted by atomic mass is 10.00. The second kappa shape index (κ2) is 10.6. The SMILES string of the molecule is COc1ccc(-c2nn(-c3cc(C)ccc3C)c(OC(C)=O)c2-c2ccc(NC(C)=O)cc2)c(OC)c1. The normalized spacial score (nSPS) is 10.6. The van der Waals surface area contributed by atoms with Gasteiger partial charge in [-0.05, 0) is 60.9 Å². The molecular formula is C29H29N3O5. The van der Waals surface area contributed by atoms with Crippen LogP contribution in [0.5, 0.6) is 17.4 Å². The highest BCUT2D eigenvalue weighted by Crippen LogP contribution is 2.45. The largest absolute Gasteiger partial charge is 0.497 e. The molecule has 8 heteroatoms. The molecule has 8 nitrogen and oxygen atoms in total. The maximum absolute atomic E-state index is 12.3. The van der Waals surface area contributed by atoms with Gasteiger partial charge in [0.05, 0.1) is 25.5 Å². The number of aryl methyl sites for hydroxylation is 2. The van der Waals surface area contributed by atoms with E-state index in [1.165, 1.54) is 13.8 Å². The minimum absolute atomic E-state index is 0.167. The Morgan fingerprint density at radius 2 is 1.62 bits per heavy atom. The van der Waals surface area contributed by atoms with Crippen LogP contribution in [0, 0.1) is 13.8 Å². The molecule has 3 aromatic carbocycles. The van der Waals surface area contributed by atoms with E-state index in [0.29, 0.717) is 34.0 Å².